The van der Waals surface area contributed by atoms with Crippen molar-refractivity contribution in [1.82, 2.24) is 0 Å². The lowest BCUT2D eigenvalue weighted by Gasteiger charge is -1.88. The Morgan fingerprint density at radius 3 is 2.44 bits per heavy atom. The van der Waals surface area contributed by atoms with Gasteiger partial charge in [-0.25, -0.2) is 0 Å². The van der Waals surface area contributed by atoms with Crippen LogP contribution in [0.1, 0.15) is 20.3 Å². The third-order valence-corrected chi connectivity index (χ3v) is 1.51. The van der Waals surface area contributed by atoms with E-state index >= 15 is 0 Å². The van der Waals surface area contributed by atoms with Crippen LogP contribution in [0.15, 0.2) is 22.8 Å². The summed E-state index contributed by atoms with van der Waals surface area (Å²) in [5.74, 6) is 0. The lowest BCUT2D eigenvalue weighted by molar-refractivity contribution is 1.14. The van der Waals surface area contributed by atoms with Gasteiger partial charge in [0, 0.05) is 0 Å². The summed E-state index contributed by atoms with van der Waals surface area (Å²) in [6.45, 7) is 4.05. The fraction of sp³-hybridized carbons (Fsp3) is 0.375. The van der Waals surface area contributed by atoms with Crippen LogP contribution in [0.4, 0.5) is 0 Å². The lowest BCUT2D eigenvalue weighted by atomic mass is 10.2. The van der Waals surface area contributed by atoms with Gasteiger partial charge in [0.05, 0.1) is 11.6 Å². The second kappa shape index (κ2) is 2.06. The second-order valence-corrected chi connectivity index (χ2v) is 2.47. The van der Waals surface area contributed by atoms with Crippen molar-refractivity contribution in [2.75, 3.05) is 0 Å². The maximum Gasteiger partial charge on any atom is 0.0991 e. The SMILES string of the molecule is CC1=CC(C#N)=C(C)C1. The van der Waals surface area contributed by atoms with E-state index in [1.165, 1.54) is 11.1 Å². The summed E-state index contributed by atoms with van der Waals surface area (Å²) in [5, 5.41) is 8.50. The zero-order valence-corrected chi connectivity index (χ0v) is 5.73. The summed E-state index contributed by atoms with van der Waals surface area (Å²) in [7, 11) is 0. The number of hydrogen-bond donors (Lipinski definition) is 0. The monoisotopic (exact) mass is 119 g/mol. The molecule has 0 aromatic heterocycles. The van der Waals surface area contributed by atoms with Crippen molar-refractivity contribution >= 4 is 0 Å². The minimum Gasteiger partial charge on any atom is -0.192 e. The van der Waals surface area contributed by atoms with E-state index in [2.05, 4.69) is 6.07 Å². The summed E-state index contributed by atoms with van der Waals surface area (Å²) in [6, 6.07) is 2.15. The van der Waals surface area contributed by atoms with Crippen molar-refractivity contribution in [3.63, 3.8) is 0 Å². The Balaban J connectivity index is 2.91. The molecule has 9 heavy (non-hydrogen) atoms. The van der Waals surface area contributed by atoms with Gasteiger partial charge in [0.1, 0.15) is 0 Å². The van der Waals surface area contributed by atoms with Crippen LogP contribution in [-0.4, -0.2) is 0 Å². The van der Waals surface area contributed by atoms with Crippen LogP contribution in [0.5, 0.6) is 0 Å². The molecule has 0 amide bonds. The summed E-state index contributed by atoms with van der Waals surface area (Å²) in [4.78, 5) is 0. The van der Waals surface area contributed by atoms with E-state index < -0.39 is 0 Å². The van der Waals surface area contributed by atoms with Gasteiger partial charge in [-0.3, -0.25) is 0 Å². The molecule has 0 saturated carbocycles. The molecule has 1 nitrogen and oxygen atoms in total. The van der Waals surface area contributed by atoms with Crippen molar-refractivity contribution in [3.05, 3.63) is 22.8 Å². The van der Waals surface area contributed by atoms with E-state index in [9.17, 15) is 0 Å². The van der Waals surface area contributed by atoms with E-state index in [0.717, 1.165) is 12.0 Å². The molecule has 0 radical (unpaired) electrons. The van der Waals surface area contributed by atoms with Crippen molar-refractivity contribution in [2.24, 2.45) is 0 Å². The first-order chi connectivity index (χ1) is 4.24. The molecule has 0 spiro atoms. The van der Waals surface area contributed by atoms with Crippen LogP contribution in [0.25, 0.3) is 0 Å². The van der Waals surface area contributed by atoms with Gasteiger partial charge in [-0.15, -0.1) is 0 Å². The average Bonchev–Trinajstić information content (AvgIpc) is 2.10. The third kappa shape index (κ3) is 1.02. The highest BCUT2D eigenvalue weighted by molar-refractivity contribution is 5.45. The van der Waals surface area contributed by atoms with Crippen LogP contribution >= 0.6 is 0 Å². The molecule has 0 atom stereocenters. The Hall–Kier alpha value is -1.03. The zero-order valence-electron chi connectivity index (χ0n) is 5.73. The first kappa shape index (κ1) is 6.10. The molecule has 1 aliphatic carbocycles. The summed E-state index contributed by atoms with van der Waals surface area (Å²) in [5.41, 5.74) is 3.35. The van der Waals surface area contributed by atoms with Gasteiger partial charge in [-0.05, 0) is 26.3 Å². The molecule has 1 heteroatoms. The Morgan fingerprint density at radius 2 is 2.22 bits per heavy atom. The highest BCUT2D eigenvalue weighted by Crippen LogP contribution is 2.23. The van der Waals surface area contributed by atoms with Gasteiger partial charge < -0.3 is 0 Å². The summed E-state index contributed by atoms with van der Waals surface area (Å²) >= 11 is 0. The molecule has 46 valence electrons. The predicted molar refractivity (Wildman–Crippen MR) is 36.7 cm³/mol. The summed E-state index contributed by atoms with van der Waals surface area (Å²) < 4.78 is 0. The Kier molecular flexibility index (Phi) is 1.40. The largest absolute Gasteiger partial charge is 0.192 e. The Bertz CT molecular complexity index is 225. The normalized spacial score (nSPS) is 17.7. The number of rotatable bonds is 0. The van der Waals surface area contributed by atoms with Crippen molar-refractivity contribution in [3.8, 4) is 6.07 Å². The van der Waals surface area contributed by atoms with Gasteiger partial charge in [-0.1, -0.05) is 11.1 Å². The smallest absolute Gasteiger partial charge is 0.0991 e. The minimum atomic E-state index is 0.854. The van der Waals surface area contributed by atoms with E-state index in [0.29, 0.717) is 0 Å². The second-order valence-electron chi connectivity index (χ2n) is 2.47. The fourth-order valence-corrected chi connectivity index (χ4v) is 1.06. The van der Waals surface area contributed by atoms with Gasteiger partial charge in [-0.2, -0.15) is 5.26 Å². The quantitative estimate of drug-likeness (QED) is 0.479. The van der Waals surface area contributed by atoms with E-state index in [1.54, 1.807) is 0 Å². The molecule has 0 N–H and O–H groups in total. The van der Waals surface area contributed by atoms with Gasteiger partial charge in [0.2, 0.25) is 0 Å². The molecule has 0 aliphatic heterocycles. The molecule has 0 unspecified atom stereocenters. The van der Waals surface area contributed by atoms with Crippen LogP contribution in [-0.2, 0) is 0 Å². The highest BCUT2D eigenvalue weighted by atomic mass is 14.3. The van der Waals surface area contributed by atoms with Crippen molar-refractivity contribution in [1.29, 1.82) is 5.26 Å². The molecule has 0 saturated heterocycles. The van der Waals surface area contributed by atoms with Gasteiger partial charge in [0.25, 0.3) is 0 Å². The van der Waals surface area contributed by atoms with E-state index in [-0.39, 0.29) is 0 Å². The maximum atomic E-state index is 8.50. The van der Waals surface area contributed by atoms with Crippen molar-refractivity contribution < 1.29 is 0 Å². The number of hydrogen-bond acceptors (Lipinski definition) is 1. The van der Waals surface area contributed by atoms with E-state index in [1.807, 2.05) is 19.9 Å². The molecule has 0 bridgehead atoms. The molecule has 0 aromatic carbocycles. The average molecular weight is 119 g/mol. The van der Waals surface area contributed by atoms with E-state index in [4.69, 9.17) is 5.26 Å². The topological polar surface area (TPSA) is 23.8 Å². The molecule has 1 aliphatic rings. The van der Waals surface area contributed by atoms with Crippen LogP contribution in [0.3, 0.4) is 0 Å². The number of nitrogens with zero attached hydrogens (tertiary/aromatic N) is 1. The Morgan fingerprint density at radius 1 is 1.56 bits per heavy atom. The Labute approximate surface area is 55.3 Å². The molecule has 0 heterocycles. The molecular weight excluding hydrogens is 110 g/mol. The number of allylic oxidation sites excluding steroid dienone is 4. The van der Waals surface area contributed by atoms with Gasteiger partial charge in [0.15, 0.2) is 0 Å². The molecule has 0 fully saturated rings. The van der Waals surface area contributed by atoms with Crippen LogP contribution in [0, 0.1) is 11.3 Å². The fourth-order valence-electron chi connectivity index (χ4n) is 1.06. The lowest BCUT2D eigenvalue weighted by Crippen LogP contribution is -1.72. The molecular formula is C8H9N. The molecule has 1 rings (SSSR count). The van der Waals surface area contributed by atoms with Gasteiger partial charge >= 0.3 is 0 Å². The first-order valence-corrected chi connectivity index (χ1v) is 3.01. The highest BCUT2D eigenvalue weighted by Gasteiger charge is 2.06. The summed E-state index contributed by atoms with van der Waals surface area (Å²) in [6.07, 6.45) is 2.94. The minimum absolute atomic E-state index is 0.854. The van der Waals surface area contributed by atoms with Crippen LogP contribution < -0.4 is 0 Å². The first-order valence-electron chi connectivity index (χ1n) is 3.01. The maximum absolute atomic E-state index is 8.50. The number of nitriles is 1. The standard InChI is InChI=1S/C8H9N/c1-6-3-7(2)8(4-6)5-9/h4H,3H2,1-2H3. The van der Waals surface area contributed by atoms with Crippen LogP contribution in [0.2, 0.25) is 0 Å². The molecule has 0 aromatic rings. The third-order valence-electron chi connectivity index (χ3n) is 1.51. The zero-order chi connectivity index (χ0) is 6.85. The van der Waals surface area contributed by atoms with Crippen molar-refractivity contribution in [2.45, 2.75) is 20.3 Å². The predicted octanol–water partition coefficient (Wildman–Crippen LogP) is 2.18.